The largest absolute Gasteiger partial charge is 0.456 e. The number of benzene rings is 2. The lowest BCUT2D eigenvalue weighted by atomic mass is 10.1. The highest BCUT2D eigenvalue weighted by Gasteiger charge is 2.33. The van der Waals surface area contributed by atoms with Crippen molar-refractivity contribution in [1.82, 2.24) is 9.78 Å². The molecule has 0 saturated carbocycles. The van der Waals surface area contributed by atoms with E-state index in [9.17, 15) is 22.8 Å². The number of alkyl halides is 3. The summed E-state index contributed by atoms with van der Waals surface area (Å²) in [7, 11) is 0. The molecule has 0 aliphatic rings. The van der Waals surface area contributed by atoms with Crippen molar-refractivity contribution in [3.8, 4) is 5.69 Å². The highest BCUT2D eigenvalue weighted by molar-refractivity contribution is 5.87. The minimum atomic E-state index is -4.58. The molecule has 1 aromatic heterocycles. The van der Waals surface area contributed by atoms with E-state index >= 15 is 0 Å². The number of para-hydroxylation sites is 1. The summed E-state index contributed by atoms with van der Waals surface area (Å²) < 4.78 is 45.5. The van der Waals surface area contributed by atoms with Crippen LogP contribution in [0.25, 0.3) is 5.69 Å². The third kappa shape index (κ3) is 4.11. The van der Waals surface area contributed by atoms with E-state index in [1.54, 1.807) is 37.3 Å². The number of hydrogen-bond donors (Lipinski definition) is 0. The predicted molar refractivity (Wildman–Crippen MR) is 95.1 cm³/mol. The molecule has 144 valence electrons. The molecule has 0 spiro atoms. The molecule has 1 heterocycles. The van der Waals surface area contributed by atoms with Gasteiger partial charge in [0.15, 0.2) is 0 Å². The summed E-state index contributed by atoms with van der Waals surface area (Å²) in [6.45, 7) is 1.02. The summed E-state index contributed by atoms with van der Waals surface area (Å²) in [4.78, 5) is 24.5. The van der Waals surface area contributed by atoms with Gasteiger partial charge in [-0.15, -0.1) is 0 Å². The Morgan fingerprint density at radius 3 is 2.39 bits per heavy atom. The Morgan fingerprint density at radius 1 is 1.07 bits per heavy atom. The molecule has 0 fully saturated rings. The average Bonchev–Trinajstić information content (AvgIpc) is 2.66. The van der Waals surface area contributed by atoms with Crippen molar-refractivity contribution in [1.29, 1.82) is 0 Å². The summed E-state index contributed by atoms with van der Waals surface area (Å²) in [5, 5.41) is 4.03. The van der Waals surface area contributed by atoms with Gasteiger partial charge in [0, 0.05) is 17.3 Å². The number of hydrogen-bond acceptors (Lipinski definition) is 4. The first kappa shape index (κ1) is 19.3. The van der Waals surface area contributed by atoms with Gasteiger partial charge in [-0.25, -0.2) is 9.48 Å². The lowest BCUT2D eigenvalue weighted by molar-refractivity contribution is -0.138. The maximum Gasteiger partial charge on any atom is 0.416 e. The van der Waals surface area contributed by atoms with Crippen molar-refractivity contribution in [3.05, 3.63) is 93.4 Å². The molecule has 28 heavy (non-hydrogen) atoms. The van der Waals surface area contributed by atoms with E-state index in [1.807, 2.05) is 0 Å². The van der Waals surface area contributed by atoms with Crippen LogP contribution < -0.4 is 5.43 Å². The Hall–Kier alpha value is -3.42. The number of aryl methyl sites for hydroxylation is 1. The van der Waals surface area contributed by atoms with Gasteiger partial charge in [0.2, 0.25) is 11.1 Å². The fraction of sp³-hybridized carbons (Fsp3) is 0.150. The van der Waals surface area contributed by atoms with Crippen molar-refractivity contribution < 1.29 is 22.7 Å². The van der Waals surface area contributed by atoms with Gasteiger partial charge in [-0.05, 0) is 25.1 Å². The zero-order valence-electron chi connectivity index (χ0n) is 14.7. The smallest absolute Gasteiger partial charge is 0.416 e. The van der Waals surface area contributed by atoms with E-state index < -0.39 is 35.4 Å². The van der Waals surface area contributed by atoms with Crippen LogP contribution in [0.1, 0.15) is 27.3 Å². The summed E-state index contributed by atoms with van der Waals surface area (Å²) in [5.74, 6) is -1.09. The van der Waals surface area contributed by atoms with Crippen LogP contribution >= 0.6 is 0 Å². The van der Waals surface area contributed by atoms with Crippen LogP contribution in [-0.2, 0) is 17.5 Å². The number of ether oxygens (including phenoxy) is 1. The minimum absolute atomic E-state index is 0.209. The molecule has 3 aromatic rings. The Morgan fingerprint density at radius 2 is 1.71 bits per heavy atom. The van der Waals surface area contributed by atoms with Crippen LogP contribution in [0.4, 0.5) is 13.2 Å². The molecule has 0 amide bonds. The Bertz CT molecular complexity index is 1060. The third-order valence-corrected chi connectivity index (χ3v) is 3.98. The normalized spacial score (nSPS) is 11.3. The molecule has 0 unspecified atom stereocenters. The first-order valence-corrected chi connectivity index (χ1v) is 8.26. The van der Waals surface area contributed by atoms with E-state index in [1.165, 1.54) is 28.9 Å². The highest BCUT2D eigenvalue weighted by atomic mass is 19.4. The maximum atomic E-state index is 13.0. The van der Waals surface area contributed by atoms with Crippen molar-refractivity contribution in [2.75, 3.05) is 0 Å². The summed E-state index contributed by atoms with van der Waals surface area (Å²) in [6, 6.07) is 14.8. The summed E-state index contributed by atoms with van der Waals surface area (Å²) in [5.41, 5.74) is -1.16. The third-order valence-electron chi connectivity index (χ3n) is 3.98. The predicted octanol–water partition coefficient (Wildman–Crippen LogP) is 3.92. The van der Waals surface area contributed by atoms with Crippen molar-refractivity contribution in [2.45, 2.75) is 19.7 Å². The fourth-order valence-electron chi connectivity index (χ4n) is 2.65. The molecule has 8 heteroatoms. The van der Waals surface area contributed by atoms with E-state index in [0.717, 1.165) is 6.07 Å². The van der Waals surface area contributed by atoms with Crippen LogP contribution in [0.15, 0.2) is 65.5 Å². The second-order valence-electron chi connectivity index (χ2n) is 5.98. The molecule has 0 aliphatic carbocycles. The molecule has 3 rings (SSSR count). The molecule has 0 N–H and O–H groups in total. The van der Waals surface area contributed by atoms with Crippen molar-refractivity contribution in [2.24, 2.45) is 0 Å². The maximum absolute atomic E-state index is 13.0. The molecular formula is C20H15F3N2O3. The van der Waals surface area contributed by atoms with Crippen LogP contribution in [0.5, 0.6) is 0 Å². The van der Waals surface area contributed by atoms with Gasteiger partial charge in [-0.3, -0.25) is 4.79 Å². The molecular weight excluding hydrogens is 373 g/mol. The van der Waals surface area contributed by atoms with E-state index in [0.29, 0.717) is 11.4 Å². The first-order valence-electron chi connectivity index (χ1n) is 8.26. The summed E-state index contributed by atoms with van der Waals surface area (Å²) in [6.07, 6.45) is -4.58. The average molecular weight is 388 g/mol. The minimum Gasteiger partial charge on any atom is -0.456 e. The van der Waals surface area contributed by atoms with E-state index in [2.05, 4.69) is 5.10 Å². The SMILES string of the molecule is Cc1cc(=O)c(C(=O)OCc2ccccc2C(F)(F)F)nn1-c1ccccc1. The van der Waals surface area contributed by atoms with Crippen LogP contribution in [0.2, 0.25) is 0 Å². The van der Waals surface area contributed by atoms with Gasteiger partial charge in [0.25, 0.3) is 0 Å². The zero-order valence-corrected chi connectivity index (χ0v) is 14.7. The van der Waals surface area contributed by atoms with Gasteiger partial charge < -0.3 is 4.74 Å². The molecule has 5 nitrogen and oxygen atoms in total. The standard InChI is InChI=1S/C20H15F3N2O3/c1-13-11-17(26)18(24-25(13)15-8-3-2-4-9-15)19(27)28-12-14-7-5-6-10-16(14)20(21,22)23/h2-11H,12H2,1H3. The van der Waals surface area contributed by atoms with Crippen LogP contribution in [0, 0.1) is 6.92 Å². The fourth-order valence-corrected chi connectivity index (χ4v) is 2.65. The van der Waals surface area contributed by atoms with Gasteiger partial charge in [-0.1, -0.05) is 36.4 Å². The van der Waals surface area contributed by atoms with E-state index in [4.69, 9.17) is 4.74 Å². The lowest BCUT2D eigenvalue weighted by Crippen LogP contribution is -2.24. The molecule has 0 atom stereocenters. The number of nitrogens with zero attached hydrogens (tertiary/aromatic N) is 2. The van der Waals surface area contributed by atoms with E-state index in [-0.39, 0.29) is 5.56 Å². The van der Waals surface area contributed by atoms with Crippen LogP contribution in [-0.4, -0.2) is 15.7 Å². The highest BCUT2D eigenvalue weighted by Crippen LogP contribution is 2.32. The second kappa shape index (κ2) is 7.67. The number of carbonyl (C=O) groups is 1. The zero-order chi connectivity index (χ0) is 20.3. The molecule has 0 radical (unpaired) electrons. The number of carbonyl (C=O) groups excluding carboxylic acids is 1. The first-order chi connectivity index (χ1) is 13.3. The summed E-state index contributed by atoms with van der Waals surface area (Å²) >= 11 is 0. The van der Waals surface area contributed by atoms with Crippen LogP contribution in [0.3, 0.4) is 0 Å². The van der Waals surface area contributed by atoms with Gasteiger partial charge in [0.05, 0.1) is 11.3 Å². The van der Waals surface area contributed by atoms with Crippen molar-refractivity contribution >= 4 is 5.97 Å². The number of rotatable bonds is 4. The topological polar surface area (TPSA) is 61.2 Å². The quantitative estimate of drug-likeness (QED) is 0.636. The number of aromatic nitrogens is 2. The number of halogens is 3. The molecule has 0 aliphatic heterocycles. The van der Waals surface area contributed by atoms with Gasteiger partial charge in [-0.2, -0.15) is 18.3 Å². The molecule has 0 saturated heterocycles. The molecule has 2 aromatic carbocycles. The van der Waals surface area contributed by atoms with Gasteiger partial charge >= 0.3 is 12.1 Å². The second-order valence-corrected chi connectivity index (χ2v) is 5.98. The number of esters is 1. The lowest BCUT2D eigenvalue weighted by Gasteiger charge is -2.13. The molecule has 0 bridgehead atoms. The Kier molecular flexibility index (Phi) is 5.30. The van der Waals surface area contributed by atoms with Gasteiger partial charge in [0.1, 0.15) is 6.61 Å². The monoisotopic (exact) mass is 388 g/mol. The Labute approximate surface area is 158 Å². The van der Waals surface area contributed by atoms with Crippen molar-refractivity contribution in [3.63, 3.8) is 0 Å². The Balaban J connectivity index is 1.88.